The predicted octanol–water partition coefficient (Wildman–Crippen LogP) is 6.33. The van der Waals surface area contributed by atoms with Gasteiger partial charge in [-0.1, -0.05) is 163 Å². The van der Waals surface area contributed by atoms with Gasteiger partial charge in [-0.05, 0) is 30.8 Å². The van der Waals surface area contributed by atoms with Gasteiger partial charge in [0.1, 0.15) is 0 Å². The van der Waals surface area contributed by atoms with Crippen LogP contribution in [0, 0.1) is 0 Å². The summed E-state index contributed by atoms with van der Waals surface area (Å²) < 4.78 is 7.24. The molecule has 0 heterocycles. The van der Waals surface area contributed by atoms with Crippen LogP contribution in [0.15, 0.2) is 121 Å². The highest BCUT2D eigenvalue weighted by molar-refractivity contribution is 7.24. The van der Waals surface area contributed by atoms with Crippen LogP contribution >= 0.6 is 0 Å². The standard InChI is InChI=1S/C33H38O2Si2/c1-32(2,3)36(27-19-11-7-12-20-27,28-21-13-8-14-22-28)31(34)35-37(33(4,5)6,29-23-15-9-16-24-29)30-25-17-10-18-26-30/h7-26H,1-6H3. The molecule has 0 bridgehead atoms. The molecule has 0 saturated heterocycles. The maximum absolute atomic E-state index is 15.2. The summed E-state index contributed by atoms with van der Waals surface area (Å²) in [5.41, 5.74) is -0.0632. The van der Waals surface area contributed by atoms with Crippen molar-refractivity contribution in [1.82, 2.24) is 0 Å². The first-order chi connectivity index (χ1) is 17.5. The van der Waals surface area contributed by atoms with E-state index < -0.39 is 16.4 Å². The van der Waals surface area contributed by atoms with Gasteiger partial charge < -0.3 is 4.43 Å². The Hall–Kier alpha value is -3.22. The monoisotopic (exact) mass is 522 g/mol. The zero-order chi connectivity index (χ0) is 26.7. The highest BCUT2D eigenvalue weighted by Gasteiger charge is 2.61. The van der Waals surface area contributed by atoms with Crippen molar-refractivity contribution in [2.75, 3.05) is 0 Å². The summed E-state index contributed by atoms with van der Waals surface area (Å²) in [5.74, 6) is 0. The first kappa shape index (κ1) is 26.8. The van der Waals surface area contributed by atoms with Crippen molar-refractivity contribution in [3.8, 4) is 0 Å². The molecule has 0 aromatic heterocycles. The highest BCUT2D eigenvalue weighted by Crippen LogP contribution is 2.41. The van der Waals surface area contributed by atoms with Crippen LogP contribution in [0.25, 0.3) is 0 Å². The molecule has 0 atom stereocenters. The molecule has 0 radical (unpaired) electrons. The van der Waals surface area contributed by atoms with E-state index in [-0.39, 0.29) is 15.7 Å². The summed E-state index contributed by atoms with van der Waals surface area (Å²) in [5, 5.41) is 3.75. The zero-order valence-electron chi connectivity index (χ0n) is 22.9. The van der Waals surface area contributed by atoms with E-state index in [1.165, 1.54) is 0 Å². The van der Waals surface area contributed by atoms with Crippen LogP contribution in [0.3, 0.4) is 0 Å². The van der Waals surface area contributed by atoms with Crippen molar-refractivity contribution >= 4 is 42.7 Å². The average Bonchev–Trinajstić information content (AvgIpc) is 2.88. The SMILES string of the molecule is CC(C)(C)[Si](OC(=O)[Si](c1ccccc1)(c1ccccc1)C(C)(C)C)(c1ccccc1)c1ccccc1. The maximum Gasteiger partial charge on any atom is 0.323 e. The smallest absolute Gasteiger partial charge is 0.323 e. The van der Waals surface area contributed by atoms with E-state index in [0.717, 1.165) is 20.7 Å². The van der Waals surface area contributed by atoms with E-state index in [2.05, 4.69) is 114 Å². The van der Waals surface area contributed by atoms with Crippen LogP contribution in [-0.2, 0) is 4.43 Å². The van der Waals surface area contributed by atoms with Gasteiger partial charge in [0.2, 0.25) is 8.07 Å². The number of carbonyl (C=O) groups excluding carboxylic acids is 1. The lowest BCUT2D eigenvalue weighted by atomic mass is 10.2. The van der Waals surface area contributed by atoms with Crippen LogP contribution in [-0.4, -0.2) is 22.0 Å². The third kappa shape index (κ3) is 4.64. The third-order valence-corrected chi connectivity index (χ3v) is 18.0. The average molecular weight is 523 g/mol. The van der Waals surface area contributed by atoms with E-state index in [9.17, 15) is 0 Å². The summed E-state index contributed by atoms with van der Waals surface area (Å²) in [7, 11) is -6.22. The Morgan fingerprint density at radius 3 is 1.05 bits per heavy atom. The number of hydrogen-bond acceptors (Lipinski definition) is 2. The van der Waals surface area contributed by atoms with Crippen molar-refractivity contribution in [3.63, 3.8) is 0 Å². The van der Waals surface area contributed by atoms with E-state index >= 15 is 4.79 Å². The molecular weight excluding hydrogens is 485 g/mol. The zero-order valence-corrected chi connectivity index (χ0v) is 24.9. The van der Waals surface area contributed by atoms with Crippen molar-refractivity contribution in [1.29, 1.82) is 0 Å². The number of rotatable bonds is 6. The number of carbonyl (C=O) groups is 1. The minimum Gasteiger partial charge on any atom is -0.513 e. The summed E-state index contributed by atoms with van der Waals surface area (Å²) in [6.07, 6.45) is 0. The fourth-order valence-electron chi connectivity index (χ4n) is 5.82. The molecule has 0 aliphatic carbocycles. The normalized spacial score (nSPS) is 12.7. The van der Waals surface area contributed by atoms with Gasteiger partial charge in [0.15, 0.2) is 0 Å². The van der Waals surface area contributed by atoms with E-state index in [4.69, 9.17) is 4.43 Å². The Morgan fingerprint density at radius 1 is 0.486 bits per heavy atom. The fourth-order valence-corrected chi connectivity index (χ4v) is 15.6. The Balaban J connectivity index is 2.05. The Morgan fingerprint density at radius 2 is 0.784 bits per heavy atom. The molecule has 0 amide bonds. The van der Waals surface area contributed by atoms with Crippen LogP contribution in [0.1, 0.15) is 41.5 Å². The largest absolute Gasteiger partial charge is 0.513 e. The summed E-state index contributed by atoms with van der Waals surface area (Å²) in [6.45, 7) is 13.3. The van der Waals surface area contributed by atoms with Crippen molar-refractivity contribution in [2.45, 2.75) is 51.6 Å². The first-order valence-electron chi connectivity index (χ1n) is 13.0. The molecule has 0 unspecified atom stereocenters. The molecule has 0 saturated carbocycles. The van der Waals surface area contributed by atoms with Gasteiger partial charge in [-0.2, -0.15) is 0 Å². The predicted molar refractivity (Wildman–Crippen MR) is 162 cm³/mol. The van der Waals surface area contributed by atoms with Gasteiger partial charge in [-0.25, -0.2) is 0 Å². The van der Waals surface area contributed by atoms with Crippen LogP contribution < -0.4 is 20.7 Å². The molecule has 2 nitrogen and oxygen atoms in total. The minimum absolute atomic E-state index is 0.0632. The van der Waals surface area contributed by atoms with E-state index in [1.807, 2.05) is 48.5 Å². The summed E-state index contributed by atoms with van der Waals surface area (Å²) in [4.78, 5) is 15.2. The Bertz CT molecular complexity index is 1230. The van der Waals surface area contributed by atoms with E-state index in [0.29, 0.717) is 0 Å². The third-order valence-electron chi connectivity index (χ3n) is 7.51. The van der Waals surface area contributed by atoms with Gasteiger partial charge >= 0.3 is 8.32 Å². The summed E-state index contributed by atoms with van der Waals surface area (Å²) >= 11 is 0. The van der Waals surface area contributed by atoms with Crippen LogP contribution in [0.4, 0.5) is 4.79 Å². The summed E-state index contributed by atoms with van der Waals surface area (Å²) in [6, 6.07) is 41.6. The molecular formula is C33H38O2Si2. The van der Waals surface area contributed by atoms with Crippen LogP contribution in [0.5, 0.6) is 0 Å². The molecule has 0 fully saturated rings. The second kappa shape index (κ2) is 10.3. The lowest BCUT2D eigenvalue weighted by Crippen LogP contribution is -2.75. The molecule has 4 aromatic carbocycles. The van der Waals surface area contributed by atoms with E-state index in [1.54, 1.807) is 0 Å². The van der Waals surface area contributed by atoms with Gasteiger partial charge in [-0.3, -0.25) is 4.79 Å². The fraction of sp³-hybridized carbons (Fsp3) is 0.242. The molecule has 4 rings (SSSR count). The molecule has 0 aliphatic heterocycles. The molecule has 190 valence electrons. The molecule has 0 aliphatic rings. The highest BCUT2D eigenvalue weighted by atomic mass is 28.4. The van der Waals surface area contributed by atoms with Crippen molar-refractivity contribution in [3.05, 3.63) is 121 Å². The maximum atomic E-state index is 15.2. The lowest BCUT2D eigenvalue weighted by Gasteiger charge is -2.47. The minimum atomic E-state index is -3.13. The Kier molecular flexibility index (Phi) is 7.45. The topological polar surface area (TPSA) is 26.3 Å². The number of hydrogen-bond donors (Lipinski definition) is 0. The number of benzene rings is 4. The van der Waals surface area contributed by atoms with Gasteiger partial charge in [0.25, 0.3) is 5.59 Å². The lowest BCUT2D eigenvalue weighted by molar-refractivity contribution is 0.219. The Labute approximate surface area is 224 Å². The molecule has 0 spiro atoms. The second-order valence-corrected chi connectivity index (χ2v) is 20.6. The van der Waals surface area contributed by atoms with Crippen LogP contribution in [0.2, 0.25) is 10.1 Å². The second-order valence-electron chi connectivity index (χ2n) is 11.8. The quantitative estimate of drug-likeness (QED) is 0.277. The molecule has 4 heteroatoms. The van der Waals surface area contributed by atoms with Gasteiger partial charge in [0, 0.05) is 0 Å². The molecule has 4 aromatic rings. The molecule has 37 heavy (non-hydrogen) atoms. The molecule has 0 N–H and O–H groups in total. The van der Waals surface area contributed by atoms with Gasteiger partial charge in [-0.15, -0.1) is 0 Å². The first-order valence-corrected chi connectivity index (χ1v) is 16.9. The van der Waals surface area contributed by atoms with Crippen molar-refractivity contribution < 1.29 is 9.22 Å². The van der Waals surface area contributed by atoms with Gasteiger partial charge in [0.05, 0.1) is 0 Å². The van der Waals surface area contributed by atoms with Crippen molar-refractivity contribution in [2.24, 2.45) is 0 Å².